The predicted molar refractivity (Wildman–Crippen MR) is 113 cm³/mol. The van der Waals surface area contributed by atoms with Gasteiger partial charge in [-0.1, -0.05) is 41.4 Å². The maximum absolute atomic E-state index is 12.8. The fourth-order valence-electron chi connectivity index (χ4n) is 3.31. The smallest absolute Gasteiger partial charge is 0.295 e. The Labute approximate surface area is 178 Å². The Kier molecular flexibility index (Phi) is 6.30. The van der Waals surface area contributed by atoms with Crippen LogP contribution in [0, 0.1) is 0 Å². The molecule has 0 aromatic heterocycles. The van der Waals surface area contributed by atoms with Crippen LogP contribution in [-0.4, -0.2) is 34.8 Å². The number of halogens is 2. The van der Waals surface area contributed by atoms with Crippen molar-refractivity contribution in [3.63, 3.8) is 0 Å². The standard InChI is InChI=1S/C22H19Cl2NO4/c1-3-10-25-19(13-6-5-7-15(23)11-13)18(21(27)22(25)28)20(26)14-8-9-17(29-4-2)16(24)12-14/h3,5-9,11-12,19,26H,1,4,10H2,2H3/t19-/m1/s1. The van der Waals surface area contributed by atoms with E-state index in [4.69, 9.17) is 27.9 Å². The van der Waals surface area contributed by atoms with Crippen LogP contribution in [0.5, 0.6) is 5.75 Å². The Hall–Kier alpha value is -2.76. The van der Waals surface area contributed by atoms with Gasteiger partial charge in [0.2, 0.25) is 0 Å². The number of hydrogen-bond acceptors (Lipinski definition) is 4. The Balaban J connectivity index is 2.17. The third-order valence-electron chi connectivity index (χ3n) is 4.54. The minimum absolute atomic E-state index is 0.0284. The van der Waals surface area contributed by atoms with Gasteiger partial charge in [-0.05, 0) is 42.8 Å². The predicted octanol–water partition coefficient (Wildman–Crippen LogP) is 5.00. The summed E-state index contributed by atoms with van der Waals surface area (Å²) < 4.78 is 5.40. The lowest BCUT2D eigenvalue weighted by molar-refractivity contribution is -0.139. The van der Waals surface area contributed by atoms with E-state index in [2.05, 4.69) is 6.58 Å². The van der Waals surface area contributed by atoms with Crippen molar-refractivity contribution in [1.29, 1.82) is 0 Å². The topological polar surface area (TPSA) is 66.8 Å². The normalized spacial score (nSPS) is 18.2. The van der Waals surface area contributed by atoms with Crippen LogP contribution in [0.15, 0.2) is 60.7 Å². The third kappa shape index (κ3) is 4.02. The van der Waals surface area contributed by atoms with Gasteiger partial charge in [0.05, 0.1) is 23.2 Å². The number of Topliss-reactive ketones (excluding diaryl/α,β-unsaturated/α-hetero) is 1. The van der Waals surface area contributed by atoms with Gasteiger partial charge in [-0.3, -0.25) is 9.59 Å². The average molecular weight is 432 g/mol. The monoisotopic (exact) mass is 431 g/mol. The molecule has 7 heteroatoms. The van der Waals surface area contributed by atoms with E-state index < -0.39 is 17.7 Å². The van der Waals surface area contributed by atoms with Gasteiger partial charge >= 0.3 is 0 Å². The molecular formula is C22H19Cl2NO4. The van der Waals surface area contributed by atoms with Crippen molar-refractivity contribution in [3.05, 3.63) is 81.9 Å². The van der Waals surface area contributed by atoms with Crippen LogP contribution in [-0.2, 0) is 9.59 Å². The van der Waals surface area contributed by atoms with E-state index in [9.17, 15) is 14.7 Å². The Morgan fingerprint density at radius 1 is 1.24 bits per heavy atom. The van der Waals surface area contributed by atoms with Crippen molar-refractivity contribution in [3.8, 4) is 5.75 Å². The van der Waals surface area contributed by atoms with Crippen molar-refractivity contribution in [2.45, 2.75) is 13.0 Å². The first-order valence-corrected chi connectivity index (χ1v) is 9.72. The van der Waals surface area contributed by atoms with Gasteiger partial charge in [0.1, 0.15) is 11.5 Å². The molecule has 1 N–H and O–H groups in total. The van der Waals surface area contributed by atoms with E-state index in [1.807, 2.05) is 6.92 Å². The Bertz CT molecular complexity index is 1020. The van der Waals surface area contributed by atoms with Gasteiger partial charge < -0.3 is 14.7 Å². The second kappa shape index (κ2) is 8.72. The minimum atomic E-state index is -0.794. The molecule has 0 bridgehead atoms. The second-order valence-electron chi connectivity index (χ2n) is 6.37. The fourth-order valence-corrected chi connectivity index (χ4v) is 3.74. The Morgan fingerprint density at radius 2 is 2.00 bits per heavy atom. The number of amides is 1. The summed E-state index contributed by atoms with van der Waals surface area (Å²) in [7, 11) is 0. The zero-order valence-electron chi connectivity index (χ0n) is 15.7. The largest absolute Gasteiger partial charge is 0.507 e. The molecule has 0 spiro atoms. The highest BCUT2D eigenvalue weighted by atomic mass is 35.5. The number of carbonyl (C=O) groups is 2. The number of aliphatic hydroxyl groups is 1. The highest BCUT2D eigenvalue weighted by Gasteiger charge is 2.45. The van der Waals surface area contributed by atoms with Crippen LogP contribution in [0.25, 0.3) is 5.76 Å². The van der Waals surface area contributed by atoms with Gasteiger partial charge in [0, 0.05) is 17.1 Å². The van der Waals surface area contributed by atoms with Crippen LogP contribution in [0.1, 0.15) is 24.1 Å². The zero-order valence-corrected chi connectivity index (χ0v) is 17.2. The van der Waals surface area contributed by atoms with Crippen LogP contribution in [0.4, 0.5) is 0 Å². The van der Waals surface area contributed by atoms with Crippen LogP contribution >= 0.6 is 23.2 Å². The molecule has 3 rings (SSSR count). The number of likely N-dealkylation sites (tertiary alicyclic amines) is 1. The molecule has 29 heavy (non-hydrogen) atoms. The SMILES string of the molecule is C=CCN1C(=O)C(=O)C(=C(O)c2ccc(OCC)c(Cl)c2)[C@H]1c1cccc(Cl)c1. The molecule has 5 nitrogen and oxygen atoms in total. The summed E-state index contributed by atoms with van der Waals surface area (Å²) in [6.07, 6.45) is 1.52. The molecule has 0 unspecified atom stereocenters. The molecule has 1 amide bonds. The zero-order chi connectivity index (χ0) is 21.1. The lowest BCUT2D eigenvalue weighted by Crippen LogP contribution is -2.29. The number of benzene rings is 2. The van der Waals surface area contributed by atoms with Gasteiger partial charge in [-0.25, -0.2) is 0 Å². The first-order chi connectivity index (χ1) is 13.9. The lowest BCUT2D eigenvalue weighted by atomic mass is 9.95. The molecule has 1 fully saturated rings. The second-order valence-corrected chi connectivity index (χ2v) is 7.22. The molecule has 2 aromatic rings. The van der Waals surface area contributed by atoms with E-state index in [1.165, 1.54) is 17.0 Å². The van der Waals surface area contributed by atoms with Crippen molar-refractivity contribution >= 4 is 40.7 Å². The van der Waals surface area contributed by atoms with Crippen LogP contribution < -0.4 is 4.74 Å². The van der Waals surface area contributed by atoms with E-state index in [1.54, 1.807) is 36.4 Å². The van der Waals surface area contributed by atoms with Gasteiger partial charge in [-0.2, -0.15) is 0 Å². The first-order valence-electron chi connectivity index (χ1n) is 8.96. The molecule has 1 heterocycles. The van der Waals surface area contributed by atoms with Gasteiger partial charge in [-0.15, -0.1) is 6.58 Å². The number of hydrogen-bond donors (Lipinski definition) is 1. The number of nitrogens with zero attached hydrogens (tertiary/aromatic N) is 1. The molecular weight excluding hydrogens is 413 g/mol. The fraction of sp³-hybridized carbons (Fsp3) is 0.182. The molecule has 150 valence electrons. The molecule has 1 aliphatic rings. The maximum atomic E-state index is 12.8. The van der Waals surface area contributed by atoms with E-state index >= 15 is 0 Å². The van der Waals surface area contributed by atoms with E-state index in [-0.39, 0.29) is 22.9 Å². The van der Waals surface area contributed by atoms with E-state index in [0.29, 0.717) is 28.5 Å². The summed E-state index contributed by atoms with van der Waals surface area (Å²) in [6.45, 7) is 6.06. The molecule has 0 saturated carbocycles. The third-order valence-corrected chi connectivity index (χ3v) is 5.07. The number of ketones is 1. The quantitative estimate of drug-likeness (QED) is 0.302. The highest BCUT2D eigenvalue weighted by molar-refractivity contribution is 6.46. The summed E-state index contributed by atoms with van der Waals surface area (Å²) in [5.41, 5.74) is 0.888. The molecule has 1 saturated heterocycles. The lowest BCUT2D eigenvalue weighted by Gasteiger charge is -2.24. The van der Waals surface area contributed by atoms with Crippen molar-refractivity contribution in [2.24, 2.45) is 0 Å². The average Bonchev–Trinajstić information content (AvgIpc) is 2.94. The maximum Gasteiger partial charge on any atom is 0.295 e. The first kappa shape index (κ1) is 21.0. The van der Waals surface area contributed by atoms with Crippen molar-refractivity contribution in [2.75, 3.05) is 13.2 Å². The summed E-state index contributed by atoms with van der Waals surface area (Å²) in [6, 6.07) is 10.7. The molecule has 1 atom stereocenters. The van der Waals surface area contributed by atoms with Crippen LogP contribution in [0.3, 0.4) is 0 Å². The molecule has 2 aromatic carbocycles. The number of rotatable bonds is 6. The van der Waals surface area contributed by atoms with Gasteiger partial charge in [0.15, 0.2) is 0 Å². The van der Waals surface area contributed by atoms with Gasteiger partial charge in [0.25, 0.3) is 11.7 Å². The van der Waals surface area contributed by atoms with Crippen molar-refractivity contribution < 1.29 is 19.4 Å². The molecule has 1 aliphatic heterocycles. The summed E-state index contributed by atoms with van der Waals surface area (Å²) in [5, 5.41) is 11.7. The summed E-state index contributed by atoms with van der Waals surface area (Å²) in [4.78, 5) is 26.8. The summed E-state index contributed by atoms with van der Waals surface area (Å²) >= 11 is 12.3. The minimum Gasteiger partial charge on any atom is -0.507 e. The molecule has 0 radical (unpaired) electrons. The number of aliphatic hydroxyl groups excluding tert-OH is 1. The Morgan fingerprint density at radius 3 is 2.62 bits per heavy atom. The highest BCUT2D eigenvalue weighted by Crippen LogP contribution is 2.40. The molecule has 0 aliphatic carbocycles. The number of carbonyl (C=O) groups excluding carboxylic acids is 2. The van der Waals surface area contributed by atoms with Crippen LogP contribution in [0.2, 0.25) is 10.0 Å². The summed E-state index contributed by atoms with van der Waals surface area (Å²) in [5.74, 6) is -1.35. The van der Waals surface area contributed by atoms with Crippen molar-refractivity contribution in [1.82, 2.24) is 4.90 Å². The van der Waals surface area contributed by atoms with E-state index in [0.717, 1.165) is 0 Å². The number of ether oxygens (including phenoxy) is 1.